The molecular weight excluding hydrogens is 340 g/mol. The van der Waals surface area contributed by atoms with E-state index >= 15 is 0 Å². The number of ether oxygens (including phenoxy) is 1. The third-order valence-corrected chi connectivity index (χ3v) is 5.24. The van der Waals surface area contributed by atoms with Gasteiger partial charge in [0.25, 0.3) is 0 Å². The molecule has 132 valence electrons. The number of amides is 2. The minimum absolute atomic E-state index is 0.0424. The van der Waals surface area contributed by atoms with Gasteiger partial charge in [0, 0.05) is 13.1 Å². The summed E-state index contributed by atoms with van der Waals surface area (Å²) in [7, 11) is 0. The Bertz CT molecular complexity index is 732. The Morgan fingerprint density at radius 3 is 2.80 bits per heavy atom. The predicted molar refractivity (Wildman–Crippen MR) is 94.5 cm³/mol. The molecule has 1 aromatic carbocycles. The van der Waals surface area contributed by atoms with Crippen LogP contribution in [-0.2, 0) is 32.1 Å². The van der Waals surface area contributed by atoms with Gasteiger partial charge in [-0.25, -0.2) is 4.79 Å². The summed E-state index contributed by atoms with van der Waals surface area (Å²) in [6.07, 6.45) is 2.11. The standard InChI is InChI=1S/C18H20N2O4S/c1-2-24-18(23)9-17-20(16(22)12-25-17)11-15(21)19-8-7-13-5-3-4-6-14(13)10-19/h3-6,9H,2,7-8,10-12H2,1H3. The van der Waals surface area contributed by atoms with Gasteiger partial charge in [0.2, 0.25) is 11.8 Å². The highest BCUT2D eigenvalue weighted by Gasteiger charge is 2.31. The molecule has 2 heterocycles. The van der Waals surface area contributed by atoms with Crippen LogP contribution in [0.1, 0.15) is 18.1 Å². The summed E-state index contributed by atoms with van der Waals surface area (Å²) in [5, 5.41) is 0.481. The van der Waals surface area contributed by atoms with Gasteiger partial charge in [-0.05, 0) is 24.5 Å². The molecule has 0 spiro atoms. The fourth-order valence-electron chi connectivity index (χ4n) is 2.93. The van der Waals surface area contributed by atoms with Crippen LogP contribution in [0.4, 0.5) is 0 Å². The van der Waals surface area contributed by atoms with Gasteiger partial charge in [-0.1, -0.05) is 36.0 Å². The molecule has 1 saturated heterocycles. The van der Waals surface area contributed by atoms with Gasteiger partial charge in [-0.15, -0.1) is 0 Å². The van der Waals surface area contributed by atoms with E-state index in [4.69, 9.17) is 4.74 Å². The molecule has 25 heavy (non-hydrogen) atoms. The number of carbonyl (C=O) groups is 3. The van der Waals surface area contributed by atoms with Gasteiger partial charge < -0.3 is 9.64 Å². The van der Waals surface area contributed by atoms with Crippen molar-refractivity contribution in [1.82, 2.24) is 9.80 Å². The van der Waals surface area contributed by atoms with E-state index in [-0.39, 0.29) is 30.7 Å². The molecule has 0 aliphatic carbocycles. The maximum Gasteiger partial charge on any atom is 0.333 e. The number of benzene rings is 1. The van der Waals surface area contributed by atoms with E-state index < -0.39 is 5.97 Å². The third-order valence-electron chi connectivity index (χ3n) is 4.22. The Kier molecular flexibility index (Phi) is 5.43. The van der Waals surface area contributed by atoms with E-state index in [0.29, 0.717) is 18.1 Å². The van der Waals surface area contributed by atoms with E-state index in [0.717, 1.165) is 12.0 Å². The maximum atomic E-state index is 12.6. The lowest BCUT2D eigenvalue weighted by Gasteiger charge is -2.30. The molecule has 0 atom stereocenters. The van der Waals surface area contributed by atoms with E-state index in [1.807, 2.05) is 18.2 Å². The first kappa shape index (κ1) is 17.5. The lowest BCUT2D eigenvalue weighted by atomic mass is 10.00. The molecule has 1 fully saturated rings. The second-order valence-corrected chi connectivity index (χ2v) is 6.83. The number of hydrogen-bond acceptors (Lipinski definition) is 5. The number of carbonyl (C=O) groups excluding carboxylic acids is 3. The van der Waals surface area contributed by atoms with Crippen molar-refractivity contribution in [3.8, 4) is 0 Å². The highest BCUT2D eigenvalue weighted by atomic mass is 32.2. The summed E-state index contributed by atoms with van der Waals surface area (Å²) < 4.78 is 4.89. The Morgan fingerprint density at radius 1 is 1.28 bits per heavy atom. The zero-order chi connectivity index (χ0) is 17.8. The Balaban J connectivity index is 1.67. The number of thioether (sulfide) groups is 1. The first-order valence-electron chi connectivity index (χ1n) is 8.24. The average Bonchev–Trinajstić information content (AvgIpc) is 2.94. The largest absolute Gasteiger partial charge is 0.463 e. The van der Waals surface area contributed by atoms with Gasteiger partial charge in [0.1, 0.15) is 6.54 Å². The molecule has 0 bridgehead atoms. The van der Waals surface area contributed by atoms with Crippen molar-refractivity contribution in [3.63, 3.8) is 0 Å². The molecule has 1 aromatic rings. The fourth-order valence-corrected chi connectivity index (χ4v) is 3.86. The molecule has 7 heteroatoms. The second kappa shape index (κ2) is 7.74. The fraction of sp³-hybridized carbons (Fsp3) is 0.389. The van der Waals surface area contributed by atoms with E-state index in [9.17, 15) is 14.4 Å². The van der Waals surface area contributed by atoms with Crippen LogP contribution in [0.3, 0.4) is 0 Å². The van der Waals surface area contributed by atoms with Crippen LogP contribution in [0.25, 0.3) is 0 Å². The summed E-state index contributed by atoms with van der Waals surface area (Å²) in [5.41, 5.74) is 2.41. The smallest absolute Gasteiger partial charge is 0.333 e. The number of rotatable bonds is 4. The number of hydrogen-bond donors (Lipinski definition) is 0. The van der Waals surface area contributed by atoms with Crippen LogP contribution < -0.4 is 0 Å². The molecule has 2 aliphatic heterocycles. The second-order valence-electron chi connectivity index (χ2n) is 5.84. The van der Waals surface area contributed by atoms with Crippen LogP contribution in [0, 0.1) is 0 Å². The minimum atomic E-state index is -0.496. The molecular formula is C18H20N2O4S. The highest BCUT2D eigenvalue weighted by molar-refractivity contribution is 8.04. The van der Waals surface area contributed by atoms with E-state index in [1.165, 1.54) is 28.3 Å². The van der Waals surface area contributed by atoms with E-state index in [2.05, 4.69) is 6.07 Å². The normalized spacial score (nSPS) is 18.4. The summed E-state index contributed by atoms with van der Waals surface area (Å²) in [5.74, 6) is -0.531. The summed E-state index contributed by atoms with van der Waals surface area (Å²) >= 11 is 1.26. The van der Waals surface area contributed by atoms with Crippen LogP contribution >= 0.6 is 11.8 Å². The SMILES string of the molecule is CCOC(=O)C=C1SCC(=O)N1CC(=O)N1CCc2ccccc2C1. The van der Waals surface area contributed by atoms with Crippen LogP contribution in [-0.4, -0.2) is 53.0 Å². The predicted octanol–water partition coefficient (Wildman–Crippen LogP) is 1.55. The maximum absolute atomic E-state index is 12.6. The average molecular weight is 360 g/mol. The molecule has 0 radical (unpaired) electrons. The minimum Gasteiger partial charge on any atom is -0.463 e. The van der Waals surface area contributed by atoms with Crippen LogP contribution in [0.5, 0.6) is 0 Å². The highest BCUT2D eigenvalue weighted by Crippen LogP contribution is 2.29. The number of nitrogens with zero attached hydrogens (tertiary/aromatic N) is 2. The van der Waals surface area contributed by atoms with Crippen molar-refractivity contribution in [2.75, 3.05) is 25.4 Å². The van der Waals surface area contributed by atoms with Gasteiger partial charge in [0.15, 0.2) is 0 Å². The Morgan fingerprint density at radius 2 is 2.04 bits per heavy atom. The third kappa shape index (κ3) is 4.04. The lowest BCUT2D eigenvalue weighted by molar-refractivity contribution is -0.138. The molecule has 2 amide bonds. The Labute approximate surface area is 150 Å². The van der Waals surface area contributed by atoms with E-state index in [1.54, 1.807) is 11.8 Å². The summed E-state index contributed by atoms with van der Waals surface area (Å²) in [6, 6.07) is 8.08. The van der Waals surface area contributed by atoms with Gasteiger partial charge >= 0.3 is 5.97 Å². The number of fused-ring (bicyclic) bond motifs is 1. The molecule has 0 N–H and O–H groups in total. The molecule has 3 rings (SSSR count). The van der Waals surface area contributed by atoms with Crippen molar-refractivity contribution in [1.29, 1.82) is 0 Å². The molecule has 2 aliphatic rings. The first-order valence-corrected chi connectivity index (χ1v) is 9.23. The quantitative estimate of drug-likeness (QED) is 0.602. The zero-order valence-corrected chi connectivity index (χ0v) is 14.9. The Hall–Kier alpha value is -2.28. The van der Waals surface area contributed by atoms with Gasteiger partial charge in [-0.2, -0.15) is 0 Å². The molecule has 0 saturated carbocycles. The van der Waals surface area contributed by atoms with Crippen LogP contribution in [0.15, 0.2) is 35.4 Å². The van der Waals surface area contributed by atoms with Crippen molar-refractivity contribution < 1.29 is 19.1 Å². The number of esters is 1. The van der Waals surface area contributed by atoms with Crippen molar-refractivity contribution in [3.05, 3.63) is 46.5 Å². The lowest BCUT2D eigenvalue weighted by Crippen LogP contribution is -2.42. The van der Waals surface area contributed by atoms with Crippen molar-refractivity contribution in [2.24, 2.45) is 0 Å². The topological polar surface area (TPSA) is 66.9 Å². The zero-order valence-electron chi connectivity index (χ0n) is 14.1. The van der Waals surface area contributed by atoms with Crippen molar-refractivity contribution >= 4 is 29.5 Å². The monoisotopic (exact) mass is 360 g/mol. The molecule has 0 aromatic heterocycles. The molecule has 6 nitrogen and oxygen atoms in total. The first-order chi connectivity index (χ1) is 12.1. The molecule has 0 unspecified atom stereocenters. The summed E-state index contributed by atoms with van der Waals surface area (Å²) in [4.78, 5) is 39.5. The van der Waals surface area contributed by atoms with Gasteiger partial charge in [0.05, 0.1) is 23.5 Å². The van der Waals surface area contributed by atoms with Gasteiger partial charge in [-0.3, -0.25) is 14.5 Å². The van der Waals surface area contributed by atoms with Crippen molar-refractivity contribution in [2.45, 2.75) is 19.9 Å². The van der Waals surface area contributed by atoms with Crippen LogP contribution in [0.2, 0.25) is 0 Å². The summed E-state index contributed by atoms with van der Waals surface area (Å²) in [6.45, 7) is 3.15.